The molecule has 0 N–H and O–H groups in total. The third kappa shape index (κ3) is 4.20. The van der Waals surface area contributed by atoms with Gasteiger partial charge in [-0.05, 0) is 49.6 Å². The van der Waals surface area contributed by atoms with E-state index in [0.717, 1.165) is 35.4 Å². The Morgan fingerprint density at radius 1 is 1.06 bits per heavy atom. The first-order chi connectivity index (χ1) is 16.1. The lowest BCUT2D eigenvalue weighted by atomic mass is 9.91. The third-order valence-electron chi connectivity index (χ3n) is 6.34. The molecule has 8 nitrogen and oxygen atoms in total. The molecule has 3 heterocycles. The lowest BCUT2D eigenvalue weighted by molar-refractivity contribution is -0.154. The summed E-state index contributed by atoms with van der Waals surface area (Å²) in [5, 5.41) is 8.35. The molecule has 1 amide bonds. The van der Waals surface area contributed by atoms with Gasteiger partial charge in [-0.1, -0.05) is 40.6 Å². The van der Waals surface area contributed by atoms with Gasteiger partial charge in [-0.25, -0.2) is 0 Å². The quantitative estimate of drug-likeness (QED) is 0.588. The summed E-state index contributed by atoms with van der Waals surface area (Å²) in [6, 6.07) is 17.4. The van der Waals surface area contributed by atoms with Crippen molar-refractivity contribution in [3.8, 4) is 17.1 Å². The minimum atomic E-state index is -0.993. The topological polar surface area (TPSA) is 90.1 Å². The normalized spacial score (nSPS) is 20.9. The summed E-state index contributed by atoms with van der Waals surface area (Å²) in [4.78, 5) is 25.4. The van der Waals surface area contributed by atoms with Crippen molar-refractivity contribution in [2.24, 2.45) is 5.16 Å². The number of benzene rings is 2. The number of aromatic nitrogens is 2. The molecule has 0 saturated carbocycles. The smallest absolute Gasteiger partial charge is 0.269 e. The Morgan fingerprint density at radius 3 is 2.48 bits per heavy atom. The highest BCUT2D eigenvalue weighted by molar-refractivity contribution is 6.05. The zero-order valence-electron chi connectivity index (χ0n) is 18.7. The van der Waals surface area contributed by atoms with Gasteiger partial charge in [0.1, 0.15) is 5.75 Å². The fourth-order valence-corrected chi connectivity index (χ4v) is 4.36. The number of piperidine rings is 1. The van der Waals surface area contributed by atoms with Crippen LogP contribution < -0.4 is 4.74 Å². The summed E-state index contributed by atoms with van der Waals surface area (Å²) >= 11 is 0. The summed E-state index contributed by atoms with van der Waals surface area (Å²) in [6.45, 7) is 3.04. The van der Waals surface area contributed by atoms with Gasteiger partial charge in [-0.2, -0.15) is 4.98 Å². The summed E-state index contributed by atoms with van der Waals surface area (Å²) in [5.74, 6) is 2.11. The van der Waals surface area contributed by atoms with Gasteiger partial charge in [0.2, 0.25) is 17.3 Å². The maximum atomic E-state index is 13.3. The maximum absolute atomic E-state index is 13.3. The largest absolute Gasteiger partial charge is 0.497 e. The number of carbonyl (C=O) groups excluding carboxylic acids is 1. The highest BCUT2D eigenvalue weighted by Gasteiger charge is 2.45. The number of rotatable bonds is 5. The predicted octanol–water partition coefficient (Wildman–Crippen LogP) is 4.03. The van der Waals surface area contributed by atoms with Crippen LogP contribution in [0.4, 0.5) is 0 Å². The van der Waals surface area contributed by atoms with E-state index >= 15 is 0 Å². The van der Waals surface area contributed by atoms with Crippen LogP contribution in [0.15, 0.2) is 64.3 Å². The molecule has 1 fully saturated rings. The Hall–Kier alpha value is -3.68. The molecule has 2 aliphatic heterocycles. The number of likely N-dealkylation sites (tertiary alicyclic amines) is 1. The van der Waals surface area contributed by atoms with Crippen molar-refractivity contribution in [1.82, 2.24) is 15.0 Å². The van der Waals surface area contributed by atoms with Gasteiger partial charge in [-0.15, -0.1) is 0 Å². The van der Waals surface area contributed by atoms with Crippen LogP contribution in [0.25, 0.3) is 11.4 Å². The average molecular weight is 447 g/mol. The van der Waals surface area contributed by atoms with E-state index in [0.29, 0.717) is 31.2 Å². The molecule has 1 atom stereocenters. The van der Waals surface area contributed by atoms with Gasteiger partial charge in [-0.3, -0.25) is 4.79 Å². The summed E-state index contributed by atoms with van der Waals surface area (Å²) in [5.41, 5.74) is 1.63. The molecule has 33 heavy (non-hydrogen) atoms. The second-order valence-electron chi connectivity index (χ2n) is 8.65. The molecule has 8 heteroatoms. The lowest BCUT2D eigenvalue weighted by Crippen LogP contribution is -2.49. The Morgan fingerprint density at radius 2 is 1.79 bits per heavy atom. The van der Waals surface area contributed by atoms with Crippen molar-refractivity contribution in [2.45, 2.75) is 37.7 Å². The van der Waals surface area contributed by atoms with E-state index in [2.05, 4.69) is 15.3 Å². The number of oxime groups is 1. The standard InChI is InChI=1S/C25H26N4O4/c1-25(16-21(27-33-25)17-8-10-20(31-2)11-9-17)24(30)29-14-12-19(13-15-29)23-26-22(28-32-23)18-6-4-3-5-7-18/h3-11,19H,12-16H2,1-2H3. The van der Waals surface area contributed by atoms with Gasteiger partial charge < -0.3 is 19.0 Å². The molecule has 1 saturated heterocycles. The van der Waals surface area contributed by atoms with Crippen LogP contribution in [0, 0.1) is 0 Å². The van der Waals surface area contributed by atoms with Crippen molar-refractivity contribution in [1.29, 1.82) is 0 Å². The predicted molar refractivity (Wildman–Crippen MR) is 122 cm³/mol. The van der Waals surface area contributed by atoms with Crippen LogP contribution in [-0.2, 0) is 9.63 Å². The molecule has 170 valence electrons. The van der Waals surface area contributed by atoms with Crippen molar-refractivity contribution in [3.05, 3.63) is 66.1 Å². The molecule has 0 bridgehead atoms. The molecule has 1 unspecified atom stereocenters. The molecule has 2 aliphatic rings. The minimum absolute atomic E-state index is 0.0382. The fourth-order valence-electron chi connectivity index (χ4n) is 4.36. The first kappa shape index (κ1) is 21.2. The van der Waals surface area contributed by atoms with Crippen LogP contribution in [0.2, 0.25) is 0 Å². The second kappa shape index (κ2) is 8.69. The van der Waals surface area contributed by atoms with Crippen LogP contribution in [-0.4, -0.2) is 52.5 Å². The number of carbonyl (C=O) groups is 1. The van der Waals surface area contributed by atoms with E-state index in [1.54, 1.807) is 7.11 Å². The Labute approximate surface area is 192 Å². The van der Waals surface area contributed by atoms with Gasteiger partial charge in [0.25, 0.3) is 5.91 Å². The first-order valence-electron chi connectivity index (χ1n) is 11.1. The number of hydrogen-bond donors (Lipinski definition) is 0. The molecule has 5 rings (SSSR count). The first-order valence-corrected chi connectivity index (χ1v) is 11.1. The average Bonchev–Trinajstić information content (AvgIpc) is 3.53. The Balaban J connectivity index is 1.19. The van der Waals surface area contributed by atoms with Crippen molar-refractivity contribution in [3.63, 3.8) is 0 Å². The van der Waals surface area contributed by atoms with E-state index < -0.39 is 5.60 Å². The highest BCUT2D eigenvalue weighted by Crippen LogP contribution is 2.33. The van der Waals surface area contributed by atoms with Gasteiger partial charge in [0.15, 0.2) is 0 Å². The number of nitrogens with zero attached hydrogens (tertiary/aromatic N) is 4. The van der Waals surface area contributed by atoms with Crippen LogP contribution in [0.3, 0.4) is 0 Å². The number of hydrogen-bond acceptors (Lipinski definition) is 7. The molecule has 0 radical (unpaired) electrons. The SMILES string of the molecule is COc1ccc(C2=NOC(C)(C(=O)N3CCC(c4nc(-c5ccccc5)no4)CC3)C2)cc1. The van der Waals surface area contributed by atoms with E-state index in [-0.39, 0.29) is 11.8 Å². The maximum Gasteiger partial charge on any atom is 0.269 e. The van der Waals surface area contributed by atoms with E-state index in [1.165, 1.54) is 0 Å². The van der Waals surface area contributed by atoms with Crippen LogP contribution in [0.5, 0.6) is 5.75 Å². The Kier molecular flexibility index (Phi) is 5.58. The Bertz CT molecular complexity index is 1150. The van der Waals surface area contributed by atoms with Gasteiger partial charge in [0, 0.05) is 31.0 Å². The third-order valence-corrected chi connectivity index (χ3v) is 6.34. The number of ether oxygens (including phenoxy) is 1. The zero-order chi connectivity index (χ0) is 22.8. The van der Waals surface area contributed by atoms with Crippen molar-refractivity contribution in [2.75, 3.05) is 20.2 Å². The lowest BCUT2D eigenvalue weighted by Gasteiger charge is -2.34. The zero-order valence-corrected chi connectivity index (χ0v) is 18.7. The van der Waals surface area contributed by atoms with Crippen molar-refractivity contribution >= 4 is 11.6 Å². The molecule has 2 aromatic carbocycles. The molecule has 3 aromatic rings. The van der Waals surface area contributed by atoms with E-state index in [9.17, 15) is 4.79 Å². The monoisotopic (exact) mass is 446 g/mol. The van der Waals surface area contributed by atoms with Gasteiger partial charge >= 0.3 is 0 Å². The summed E-state index contributed by atoms with van der Waals surface area (Å²) < 4.78 is 10.7. The molecule has 0 spiro atoms. The summed E-state index contributed by atoms with van der Waals surface area (Å²) in [7, 11) is 1.63. The fraction of sp³-hybridized carbons (Fsp3) is 0.360. The molecular formula is C25H26N4O4. The molecular weight excluding hydrogens is 420 g/mol. The van der Waals surface area contributed by atoms with Crippen LogP contribution in [0.1, 0.15) is 43.6 Å². The minimum Gasteiger partial charge on any atom is -0.497 e. The van der Waals surface area contributed by atoms with Crippen molar-refractivity contribution < 1.29 is 18.9 Å². The molecule has 0 aliphatic carbocycles. The summed E-state index contributed by atoms with van der Waals surface area (Å²) in [6.07, 6.45) is 1.97. The van der Waals surface area contributed by atoms with Gasteiger partial charge in [0.05, 0.1) is 12.8 Å². The van der Waals surface area contributed by atoms with Crippen LogP contribution >= 0.6 is 0 Å². The number of methoxy groups -OCH3 is 1. The van der Waals surface area contributed by atoms with E-state index in [1.807, 2.05) is 66.4 Å². The highest BCUT2D eigenvalue weighted by atomic mass is 16.7. The number of amides is 1. The van der Waals surface area contributed by atoms with E-state index in [4.69, 9.17) is 14.1 Å². The molecule has 1 aromatic heterocycles. The second-order valence-corrected chi connectivity index (χ2v) is 8.65.